The van der Waals surface area contributed by atoms with Crippen LogP contribution in [0.15, 0.2) is 30.7 Å². The van der Waals surface area contributed by atoms with E-state index in [1.165, 1.54) is 18.5 Å². The fourth-order valence-corrected chi connectivity index (χ4v) is 4.64. The predicted octanol–water partition coefficient (Wildman–Crippen LogP) is 3.11. The van der Waals surface area contributed by atoms with Crippen LogP contribution >= 0.6 is 11.6 Å². The second kappa shape index (κ2) is 9.40. The first-order valence-corrected chi connectivity index (χ1v) is 11.4. The van der Waals surface area contributed by atoms with Crippen LogP contribution in [0.1, 0.15) is 25.7 Å². The maximum atomic E-state index is 13.5. The predicted molar refractivity (Wildman–Crippen MR) is 124 cm³/mol. The Bertz CT molecular complexity index is 1170. The van der Waals surface area contributed by atoms with Crippen molar-refractivity contribution in [2.45, 2.75) is 37.8 Å². The van der Waals surface area contributed by atoms with Crippen molar-refractivity contribution in [1.29, 1.82) is 0 Å². The number of nitrogens with one attached hydrogen (secondary N) is 3. The van der Waals surface area contributed by atoms with E-state index in [2.05, 4.69) is 40.8 Å². The first-order chi connectivity index (χ1) is 16.0. The summed E-state index contributed by atoms with van der Waals surface area (Å²) in [6.45, 7) is 2.13. The van der Waals surface area contributed by atoms with Gasteiger partial charge in [-0.05, 0) is 43.9 Å². The molecule has 1 aromatic carbocycles. The zero-order chi connectivity index (χ0) is 22.8. The molecule has 5 rings (SSSR count). The molecule has 11 heteroatoms. The number of halogens is 2. The number of aromatic nitrogens is 4. The van der Waals surface area contributed by atoms with Gasteiger partial charge in [-0.2, -0.15) is 0 Å². The number of nitrogens with zero attached hydrogens (tertiary/aromatic N) is 5. The fraction of sp³-hybridized carbons (Fsp3) is 0.409. The molecule has 2 fully saturated rings. The maximum Gasteiger partial charge on any atom is 0.234 e. The smallest absolute Gasteiger partial charge is 0.234 e. The molecule has 3 N–H and O–H groups in total. The largest absolute Gasteiger partial charge is 0.354 e. The quantitative estimate of drug-likeness (QED) is 0.522. The number of piperazine rings is 1. The van der Waals surface area contributed by atoms with Crippen molar-refractivity contribution < 1.29 is 9.18 Å². The number of benzene rings is 1. The number of carbonyl (C=O) groups is 1. The second-order valence-electron chi connectivity index (χ2n) is 8.37. The van der Waals surface area contributed by atoms with E-state index in [1.54, 1.807) is 12.3 Å². The van der Waals surface area contributed by atoms with Crippen LogP contribution in [0.2, 0.25) is 5.02 Å². The van der Waals surface area contributed by atoms with Crippen molar-refractivity contribution in [3.05, 3.63) is 41.6 Å². The number of anilines is 3. The summed E-state index contributed by atoms with van der Waals surface area (Å²) in [6.07, 6.45) is 7.10. The first kappa shape index (κ1) is 21.7. The minimum absolute atomic E-state index is 0.0242. The Hall–Kier alpha value is -3.11. The summed E-state index contributed by atoms with van der Waals surface area (Å²) in [5.74, 6) is 0.626. The standard InChI is InChI=1S/C22H24ClFN8O/c23-16-9-14(3-6-17(16)24)29-21-20-18(27-12-28-21)10-26-22(31-20)30-13-1-4-15(5-2-13)32-8-7-25-19(33)11-32/h3,6,9-10,12-13,15H,1-2,4-5,7-8,11H2,(H,25,33)(H,26,30,31)(H,27,28,29). The van der Waals surface area contributed by atoms with Gasteiger partial charge in [0.15, 0.2) is 5.82 Å². The molecule has 33 heavy (non-hydrogen) atoms. The third-order valence-corrected chi connectivity index (χ3v) is 6.46. The van der Waals surface area contributed by atoms with Crippen LogP contribution in [0.3, 0.4) is 0 Å². The fourth-order valence-electron chi connectivity index (χ4n) is 4.46. The Kier molecular flexibility index (Phi) is 6.19. The van der Waals surface area contributed by atoms with Gasteiger partial charge in [0.05, 0.1) is 17.8 Å². The van der Waals surface area contributed by atoms with Crippen LogP contribution in [0.25, 0.3) is 11.0 Å². The summed E-state index contributed by atoms with van der Waals surface area (Å²) in [4.78, 5) is 31.6. The third-order valence-electron chi connectivity index (χ3n) is 6.17. The molecule has 1 saturated carbocycles. The number of carbonyl (C=O) groups excluding carboxylic acids is 1. The summed E-state index contributed by atoms with van der Waals surface area (Å²) in [7, 11) is 0. The highest BCUT2D eigenvalue weighted by atomic mass is 35.5. The highest BCUT2D eigenvalue weighted by Gasteiger charge is 2.29. The Balaban J connectivity index is 1.27. The van der Waals surface area contributed by atoms with E-state index in [0.29, 0.717) is 41.1 Å². The lowest BCUT2D eigenvalue weighted by Crippen LogP contribution is -2.52. The van der Waals surface area contributed by atoms with Crippen LogP contribution in [-0.2, 0) is 4.79 Å². The highest BCUT2D eigenvalue weighted by molar-refractivity contribution is 6.31. The summed E-state index contributed by atoms with van der Waals surface area (Å²) in [5.41, 5.74) is 1.75. The molecule has 1 aliphatic heterocycles. The van der Waals surface area contributed by atoms with Crippen LogP contribution in [0, 0.1) is 5.82 Å². The number of fused-ring (bicyclic) bond motifs is 1. The van der Waals surface area contributed by atoms with E-state index in [9.17, 15) is 9.18 Å². The number of hydrogen-bond donors (Lipinski definition) is 3. The summed E-state index contributed by atoms with van der Waals surface area (Å²) in [6, 6.07) is 5.07. The van der Waals surface area contributed by atoms with Crippen molar-refractivity contribution in [2.75, 3.05) is 30.3 Å². The molecule has 1 saturated heterocycles. The molecule has 9 nitrogen and oxygen atoms in total. The van der Waals surface area contributed by atoms with Crippen molar-refractivity contribution in [1.82, 2.24) is 30.2 Å². The molecule has 3 heterocycles. The molecular weight excluding hydrogens is 447 g/mol. The van der Waals surface area contributed by atoms with Gasteiger partial charge in [-0.15, -0.1) is 0 Å². The molecule has 3 aromatic rings. The molecule has 1 amide bonds. The maximum absolute atomic E-state index is 13.5. The lowest BCUT2D eigenvalue weighted by Gasteiger charge is -2.38. The Morgan fingerprint density at radius 1 is 1.15 bits per heavy atom. The zero-order valence-corrected chi connectivity index (χ0v) is 18.6. The lowest BCUT2D eigenvalue weighted by molar-refractivity contribution is -0.125. The van der Waals surface area contributed by atoms with Crippen LogP contribution in [0.4, 0.5) is 21.8 Å². The number of amides is 1. The van der Waals surface area contributed by atoms with Gasteiger partial charge in [0, 0.05) is 30.9 Å². The molecular formula is C22H24ClFN8O. The Morgan fingerprint density at radius 2 is 2.00 bits per heavy atom. The van der Waals surface area contributed by atoms with Gasteiger partial charge >= 0.3 is 0 Å². The van der Waals surface area contributed by atoms with Gasteiger partial charge in [-0.3, -0.25) is 9.69 Å². The lowest BCUT2D eigenvalue weighted by atomic mass is 9.90. The summed E-state index contributed by atoms with van der Waals surface area (Å²) >= 11 is 5.89. The molecule has 0 atom stereocenters. The van der Waals surface area contributed by atoms with E-state index in [0.717, 1.165) is 38.8 Å². The molecule has 2 aromatic heterocycles. The molecule has 0 radical (unpaired) electrons. The molecule has 0 spiro atoms. The third kappa shape index (κ3) is 4.96. The summed E-state index contributed by atoms with van der Waals surface area (Å²) in [5, 5.41) is 9.48. The molecule has 1 aliphatic carbocycles. The zero-order valence-electron chi connectivity index (χ0n) is 17.9. The Labute approximate surface area is 195 Å². The van der Waals surface area contributed by atoms with E-state index < -0.39 is 5.82 Å². The van der Waals surface area contributed by atoms with Gasteiger partial charge in [-0.1, -0.05) is 11.6 Å². The molecule has 172 valence electrons. The average Bonchev–Trinajstić information content (AvgIpc) is 2.82. The first-order valence-electron chi connectivity index (χ1n) is 11.0. The van der Waals surface area contributed by atoms with Crippen molar-refractivity contribution in [2.24, 2.45) is 0 Å². The minimum Gasteiger partial charge on any atom is -0.354 e. The number of hydrogen-bond acceptors (Lipinski definition) is 8. The normalized spacial score (nSPS) is 21.6. The highest BCUT2D eigenvalue weighted by Crippen LogP contribution is 2.27. The van der Waals surface area contributed by atoms with Crippen molar-refractivity contribution in [3.8, 4) is 0 Å². The monoisotopic (exact) mass is 470 g/mol. The van der Waals surface area contributed by atoms with Gasteiger partial charge in [0.25, 0.3) is 0 Å². The van der Waals surface area contributed by atoms with Crippen LogP contribution in [0.5, 0.6) is 0 Å². The van der Waals surface area contributed by atoms with Gasteiger partial charge in [0.1, 0.15) is 23.2 Å². The van der Waals surface area contributed by atoms with Crippen LogP contribution < -0.4 is 16.0 Å². The van der Waals surface area contributed by atoms with Crippen molar-refractivity contribution in [3.63, 3.8) is 0 Å². The van der Waals surface area contributed by atoms with Crippen molar-refractivity contribution >= 4 is 46.0 Å². The molecule has 2 aliphatic rings. The van der Waals surface area contributed by atoms with Gasteiger partial charge < -0.3 is 16.0 Å². The second-order valence-corrected chi connectivity index (χ2v) is 8.78. The SMILES string of the molecule is O=C1CN(C2CCC(Nc3ncc4ncnc(Nc5ccc(F)c(Cl)c5)c4n3)CC2)CCN1. The van der Waals surface area contributed by atoms with Gasteiger partial charge in [-0.25, -0.2) is 24.3 Å². The molecule has 0 unspecified atom stereocenters. The van der Waals surface area contributed by atoms with E-state index in [1.807, 2.05) is 0 Å². The van der Waals surface area contributed by atoms with E-state index in [-0.39, 0.29) is 17.0 Å². The van der Waals surface area contributed by atoms with E-state index >= 15 is 0 Å². The Morgan fingerprint density at radius 3 is 2.79 bits per heavy atom. The van der Waals surface area contributed by atoms with Crippen LogP contribution in [-0.4, -0.2) is 62.5 Å². The average molecular weight is 471 g/mol. The topological polar surface area (TPSA) is 108 Å². The van der Waals surface area contributed by atoms with E-state index in [4.69, 9.17) is 11.6 Å². The molecule has 0 bridgehead atoms. The number of rotatable bonds is 5. The minimum atomic E-state index is -0.484. The van der Waals surface area contributed by atoms with Gasteiger partial charge in [0.2, 0.25) is 11.9 Å². The summed E-state index contributed by atoms with van der Waals surface area (Å²) < 4.78 is 13.5.